The number of hydrogen-bond acceptors (Lipinski definition) is 1. The highest BCUT2D eigenvalue weighted by Gasteiger charge is 2.02. The fourth-order valence-electron chi connectivity index (χ4n) is 1.70. The normalized spacial score (nSPS) is 10.8. The molecule has 4 heteroatoms. The Hall–Kier alpha value is -2.13. The second-order valence-corrected chi connectivity index (χ2v) is 4.77. The van der Waals surface area contributed by atoms with Gasteiger partial charge in [0.2, 0.25) is 5.91 Å². The van der Waals surface area contributed by atoms with Crippen LogP contribution in [-0.4, -0.2) is 5.91 Å². The van der Waals surface area contributed by atoms with E-state index >= 15 is 0 Å². The zero-order chi connectivity index (χ0) is 14.5. The van der Waals surface area contributed by atoms with Crippen LogP contribution in [0.5, 0.6) is 0 Å². The van der Waals surface area contributed by atoms with E-state index in [-0.39, 0.29) is 10.9 Å². The maximum Gasteiger partial charge on any atom is 0.248 e. The number of aryl methyl sites for hydroxylation is 1. The second kappa shape index (κ2) is 6.35. The first-order chi connectivity index (χ1) is 9.54. The van der Waals surface area contributed by atoms with E-state index in [1.165, 1.54) is 24.3 Å². The Morgan fingerprint density at radius 3 is 2.75 bits per heavy atom. The summed E-state index contributed by atoms with van der Waals surface area (Å²) in [6.07, 6.45) is 3.14. The molecular formula is C16H13ClFNO. The van der Waals surface area contributed by atoms with Crippen molar-refractivity contribution >= 4 is 29.3 Å². The van der Waals surface area contributed by atoms with E-state index in [1.807, 2.05) is 31.2 Å². The molecule has 102 valence electrons. The first-order valence-corrected chi connectivity index (χ1v) is 6.43. The molecule has 0 bridgehead atoms. The Balaban J connectivity index is 2.03. The maximum atomic E-state index is 13.0. The molecule has 0 saturated heterocycles. The van der Waals surface area contributed by atoms with Crippen molar-refractivity contribution in [3.63, 3.8) is 0 Å². The van der Waals surface area contributed by atoms with Crippen LogP contribution in [0.1, 0.15) is 11.1 Å². The third kappa shape index (κ3) is 3.93. The molecule has 20 heavy (non-hydrogen) atoms. The molecule has 1 amide bonds. The van der Waals surface area contributed by atoms with Crippen molar-refractivity contribution in [2.24, 2.45) is 0 Å². The Labute approximate surface area is 121 Å². The number of benzene rings is 2. The van der Waals surface area contributed by atoms with Gasteiger partial charge in [0.05, 0.1) is 5.02 Å². The van der Waals surface area contributed by atoms with Crippen molar-refractivity contribution in [3.8, 4) is 0 Å². The average molecular weight is 290 g/mol. The van der Waals surface area contributed by atoms with Crippen molar-refractivity contribution < 1.29 is 9.18 Å². The quantitative estimate of drug-likeness (QED) is 0.832. The van der Waals surface area contributed by atoms with Crippen molar-refractivity contribution in [2.75, 3.05) is 5.32 Å². The number of hydrogen-bond donors (Lipinski definition) is 1. The highest BCUT2D eigenvalue weighted by atomic mass is 35.5. The smallest absolute Gasteiger partial charge is 0.248 e. The number of carbonyl (C=O) groups excluding carboxylic acids is 1. The molecule has 0 atom stereocenters. The summed E-state index contributed by atoms with van der Waals surface area (Å²) in [5.41, 5.74) is 2.52. The number of amides is 1. The molecule has 0 fully saturated rings. The molecule has 0 saturated carbocycles. The summed E-state index contributed by atoms with van der Waals surface area (Å²) < 4.78 is 13.0. The average Bonchev–Trinajstić information content (AvgIpc) is 2.41. The lowest BCUT2D eigenvalue weighted by Crippen LogP contribution is -2.07. The van der Waals surface area contributed by atoms with Crippen LogP contribution in [0.25, 0.3) is 6.08 Å². The van der Waals surface area contributed by atoms with Gasteiger partial charge in [-0.05, 0) is 36.8 Å². The molecule has 2 rings (SSSR count). The van der Waals surface area contributed by atoms with Crippen LogP contribution < -0.4 is 5.32 Å². The Bertz CT molecular complexity index is 667. The number of nitrogens with one attached hydrogen (secondary N) is 1. The van der Waals surface area contributed by atoms with E-state index in [0.29, 0.717) is 5.69 Å². The molecule has 0 aliphatic heterocycles. The van der Waals surface area contributed by atoms with Crippen LogP contribution in [0.2, 0.25) is 5.02 Å². The predicted octanol–water partition coefficient (Wildman–Crippen LogP) is 4.44. The fourth-order valence-corrected chi connectivity index (χ4v) is 1.88. The minimum absolute atomic E-state index is 0.0227. The van der Waals surface area contributed by atoms with Crippen molar-refractivity contribution in [1.29, 1.82) is 0 Å². The molecule has 0 unspecified atom stereocenters. The van der Waals surface area contributed by atoms with Gasteiger partial charge in [-0.1, -0.05) is 41.4 Å². The molecule has 0 aliphatic carbocycles. The number of halogens is 2. The number of rotatable bonds is 3. The van der Waals surface area contributed by atoms with Crippen LogP contribution >= 0.6 is 11.6 Å². The third-order valence-corrected chi connectivity index (χ3v) is 2.95. The first-order valence-electron chi connectivity index (χ1n) is 6.05. The largest absolute Gasteiger partial charge is 0.322 e. The van der Waals surface area contributed by atoms with Crippen molar-refractivity contribution in [1.82, 2.24) is 0 Å². The van der Waals surface area contributed by atoms with Crippen LogP contribution in [0.4, 0.5) is 10.1 Å². The Morgan fingerprint density at radius 1 is 1.25 bits per heavy atom. The lowest BCUT2D eigenvalue weighted by Gasteiger charge is -2.03. The summed E-state index contributed by atoms with van der Waals surface area (Å²) in [4.78, 5) is 11.7. The van der Waals surface area contributed by atoms with Crippen molar-refractivity contribution in [3.05, 3.63) is 70.5 Å². The van der Waals surface area contributed by atoms with E-state index in [2.05, 4.69) is 5.32 Å². The molecule has 0 spiro atoms. The van der Waals surface area contributed by atoms with Crippen LogP contribution in [0.3, 0.4) is 0 Å². The van der Waals surface area contributed by atoms with Crippen LogP contribution in [0.15, 0.2) is 48.5 Å². The summed E-state index contributed by atoms with van der Waals surface area (Å²) in [5, 5.41) is 2.60. The summed E-state index contributed by atoms with van der Waals surface area (Å²) in [7, 11) is 0. The second-order valence-electron chi connectivity index (χ2n) is 4.37. The Kier molecular flexibility index (Phi) is 4.53. The highest BCUT2D eigenvalue weighted by molar-refractivity contribution is 6.31. The van der Waals surface area contributed by atoms with Gasteiger partial charge in [-0.3, -0.25) is 4.79 Å². The monoisotopic (exact) mass is 289 g/mol. The molecule has 2 aromatic rings. The molecule has 2 aromatic carbocycles. The lowest BCUT2D eigenvalue weighted by molar-refractivity contribution is -0.111. The van der Waals surface area contributed by atoms with Gasteiger partial charge in [0.15, 0.2) is 0 Å². The number of carbonyl (C=O) groups is 1. The molecule has 1 N–H and O–H groups in total. The molecular weight excluding hydrogens is 277 g/mol. The van der Waals surface area contributed by atoms with Gasteiger partial charge in [0.1, 0.15) is 5.82 Å². The van der Waals surface area contributed by atoms with Gasteiger partial charge in [-0.15, -0.1) is 0 Å². The topological polar surface area (TPSA) is 29.1 Å². The molecule has 0 aliphatic rings. The van der Waals surface area contributed by atoms with Gasteiger partial charge in [-0.25, -0.2) is 4.39 Å². The first kappa shape index (κ1) is 14.3. The summed E-state index contributed by atoms with van der Waals surface area (Å²) in [6, 6.07) is 11.8. The summed E-state index contributed by atoms with van der Waals surface area (Å²) in [5.74, 6) is -0.811. The van der Waals surface area contributed by atoms with E-state index in [9.17, 15) is 9.18 Å². The van der Waals surface area contributed by atoms with Gasteiger partial charge in [0, 0.05) is 11.8 Å². The van der Waals surface area contributed by atoms with Gasteiger partial charge in [0.25, 0.3) is 0 Å². The van der Waals surface area contributed by atoms with E-state index in [0.717, 1.165) is 11.1 Å². The lowest BCUT2D eigenvalue weighted by atomic mass is 10.1. The minimum Gasteiger partial charge on any atom is -0.322 e. The zero-order valence-corrected chi connectivity index (χ0v) is 11.6. The number of anilines is 1. The van der Waals surface area contributed by atoms with E-state index < -0.39 is 5.82 Å². The van der Waals surface area contributed by atoms with Gasteiger partial charge >= 0.3 is 0 Å². The zero-order valence-electron chi connectivity index (χ0n) is 10.9. The Morgan fingerprint density at radius 2 is 2.05 bits per heavy atom. The van der Waals surface area contributed by atoms with Gasteiger partial charge < -0.3 is 5.32 Å². The molecule has 0 aromatic heterocycles. The fraction of sp³-hybridized carbons (Fsp3) is 0.0625. The molecule has 0 heterocycles. The van der Waals surface area contributed by atoms with E-state index in [1.54, 1.807) is 6.08 Å². The van der Waals surface area contributed by atoms with Crippen LogP contribution in [-0.2, 0) is 4.79 Å². The maximum absolute atomic E-state index is 13.0. The minimum atomic E-state index is -0.514. The summed E-state index contributed by atoms with van der Waals surface area (Å²) >= 11 is 5.64. The predicted molar refractivity (Wildman–Crippen MR) is 80.3 cm³/mol. The standard InChI is InChI=1S/C16H13ClFNO/c1-11-3-2-4-12(9-11)5-8-16(20)19-13-6-7-15(18)14(17)10-13/h2-10H,1H3,(H,19,20)/b8-5-. The SMILES string of the molecule is Cc1cccc(/C=C\C(=O)Nc2ccc(F)c(Cl)c2)c1. The molecule has 2 nitrogen and oxygen atoms in total. The third-order valence-electron chi connectivity index (χ3n) is 2.66. The molecule has 0 radical (unpaired) electrons. The highest BCUT2D eigenvalue weighted by Crippen LogP contribution is 2.19. The van der Waals surface area contributed by atoms with Crippen LogP contribution in [0, 0.1) is 12.7 Å². The van der Waals surface area contributed by atoms with E-state index in [4.69, 9.17) is 11.6 Å². The summed E-state index contributed by atoms with van der Waals surface area (Å²) in [6.45, 7) is 1.98. The van der Waals surface area contributed by atoms with Gasteiger partial charge in [-0.2, -0.15) is 0 Å². The van der Waals surface area contributed by atoms with Crippen molar-refractivity contribution in [2.45, 2.75) is 6.92 Å².